The van der Waals surface area contributed by atoms with E-state index in [0.717, 1.165) is 5.56 Å². The second-order valence-corrected chi connectivity index (χ2v) is 5.74. The van der Waals surface area contributed by atoms with Gasteiger partial charge < -0.3 is 11.1 Å². The van der Waals surface area contributed by atoms with Crippen molar-refractivity contribution in [3.8, 4) is 0 Å². The maximum Gasteiger partial charge on any atom is 0.255 e. The summed E-state index contributed by atoms with van der Waals surface area (Å²) in [4.78, 5) is 23.3. The zero-order chi connectivity index (χ0) is 15.6. The zero-order valence-corrected chi connectivity index (χ0v) is 13.5. The number of amides is 2. The van der Waals surface area contributed by atoms with Gasteiger partial charge in [0.15, 0.2) is 0 Å². The Labute approximate surface area is 135 Å². The van der Waals surface area contributed by atoms with Gasteiger partial charge in [-0.15, -0.1) is 0 Å². The van der Waals surface area contributed by atoms with Crippen molar-refractivity contribution in [3.63, 3.8) is 0 Å². The van der Waals surface area contributed by atoms with Gasteiger partial charge in [0.05, 0.1) is 5.02 Å². The van der Waals surface area contributed by atoms with Crippen molar-refractivity contribution >= 4 is 45.0 Å². The molecule has 0 aliphatic rings. The minimum atomic E-state index is -0.502. The van der Waals surface area contributed by atoms with E-state index in [9.17, 15) is 9.59 Å². The SMILES string of the molecule is Cc1cc(C(N)=O)ccc1NC(=O)c1ccc(Cl)c(Br)c1. The van der Waals surface area contributed by atoms with E-state index in [-0.39, 0.29) is 5.91 Å². The van der Waals surface area contributed by atoms with Crippen LogP contribution in [0.3, 0.4) is 0 Å². The number of benzene rings is 2. The van der Waals surface area contributed by atoms with Gasteiger partial charge in [-0.1, -0.05) is 11.6 Å². The molecule has 0 aliphatic carbocycles. The van der Waals surface area contributed by atoms with Crippen LogP contribution in [-0.2, 0) is 0 Å². The lowest BCUT2D eigenvalue weighted by molar-refractivity contribution is 0.0998. The van der Waals surface area contributed by atoms with Crippen molar-refractivity contribution < 1.29 is 9.59 Å². The Hall–Kier alpha value is -1.85. The molecule has 6 heteroatoms. The minimum absolute atomic E-state index is 0.262. The third-order valence-electron chi connectivity index (χ3n) is 2.94. The van der Waals surface area contributed by atoms with E-state index in [2.05, 4.69) is 21.2 Å². The Kier molecular flexibility index (Phi) is 4.65. The van der Waals surface area contributed by atoms with Gasteiger partial charge in [-0.05, 0) is 64.8 Å². The summed E-state index contributed by atoms with van der Waals surface area (Å²) in [6, 6.07) is 9.78. The average Bonchev–Trinajstić information content (AvgIpc) is 2.43. The van der Waals surface area contributed by atoms with Gasteiger partial charge in [0.1, 0.15) is 0 Å². The van der Waals surface area contributed by atoms with Crippen LogP contribution in [0.2, 0.25) is 5.02 Å². The molecule has 0 aromatic heterocycles. The number of primary amides is 1. The second kappa shape index (κ2) is 6.28. The number of aryl methyl sites for hydroxylation is 1. The smallest absolute Gasteiger partial charge is 0.255 e. The highest BCUT2D eigenvalue weighted by molar-refractivity contribution is 9.10. The summed E-state index contributed by atoms with van der Waals surface area (Å²) >= 11 is 9.17. The molecule has 0 saturated heterocycles. The van der Waals surface area contributed by atoms with Crippen LogP contribution in [0, 0.1) is 6.92 Å². The van der Waals surface area contributed by atoms with E-state index in [1.807, 2.05) is 0 Å². The van der Waals surface area contributed by atoms with Gasteiger partial charge in [0.2, 0.25) is 5.91 Å². The summed E-state index contributed by atoms with van der Waals surface area (Å²) in [5, 5.41) is 3.32. The fourth-order valence-corrected chi connectivity index (χ4v) is 2.29. The van der Waals surface area contributed by atoms with Gasteiger partial charge in [-0.3, -0.25) is 9.59 Å². The number of rotatable bonds is 3. The number of anilines is 1. The number of halogens is 2. The van der Waals surface area contributed by atoms with Crippen molar-refractivity contribution in [2.24, 2.45) is 5.73 Å². The molecule has 0 radical (unpaired) electrons. The zero-order valence-electron chi connectivity index (χ0n) is 11.1. The molecule has 0 saturated carbocycles. The molecule has 4 nitrogen and oxygen atoms in total. The second-order valence-electron chi connectivity index (χ2n) is 4.48. The van der Waals surface area contributed by atoms with Crippen LogP contribution >= 0.6 is 27.5 Å². The predicted molar refractivity (Wildman–Crippen MR) is 86.8 cm³/mol. The normalized spacial score (nSPS) is 10.2. The van der Waals surface area contributed by atoms with E-state index >= 15 is 0 Å². The van der Waals surface area contributed by atoms with Crippen LogP contribution in [0.1, 0.15) is 26.3 Å². The Morgan fingerprint density at radius 2 is 1.81 bits per heavy atom. The van der Waals surface area contributed by atoms with Gasteiger partial charge in [-0.25, -0.2) is 0 Å². The standard InChI is InChI=1S/C15H12BrClN2O2/c1-8-6-9(14(18)20)3-5-13(8)19-15(21)10-2-4-12(17)11(16)7-10/h2-7H,1H3,(H2,18,20)(H,19,21). The highest BCUT2D eigenvalue weighted by Gasteiger charge is 2.10. The predicted octanol–water partition coefficient (Wildman–Crippen LogP) is 3.76. The van der Waals surface area contributed by atoms with Crippen molar-refractivity contribution in [2.75, 3.05) is 5.32 Å². The quantitative estimate of drug-likeness (QED) is 0.867. The molecule has 108 valence electrons. The first kappa shape index (κ1) is 15.5. The Balaban J connectivity index is 2.23. The first-order chi connectivity index (χ1) is 9.88. The molecule has 0 fully saturated rings. The maximum absolute atomic E-state index is 12.2. The third kappa shape index (κ3) is 3.62. The van der Waals surface area contributed by atoms with Crippen LogP contribution in [0.5, 0.6) is 0 Å². The lowest BCUT2D eigenvalue weighted by Crippen LogP contribution is -2.14. The molecule has 0 unspecified atom stereocenters. The summed E-state index contributed by atoms with van der Waals surface area (Å²) in [5.41, 5.74) is 7.47. The topological polar surface area (TPSA) is 72.2 Å². The molecule has 0 heterocycles. The van der Waals surface area contributed by atoms with E-state index in [0.29, 0.717) is 26.3 Å². The van der Waals surface area contributed by atoms with Crippen molar-refractivity contribution in [1.82, 2.24) is 0 Å². The lowest BCUT2D eigenvalue weighted by atomic mass is 10.1. The van der Waals surface area contributed by atoms with Gasteiger partial charge in [0, 0.05) is 21.3 Å². The lowest BCUT2D eigenvalue weighted by Gasteiger charge is -2.10. The van der Waals surface area contributed by atoms with Gasteiger partial charge in [0.25, 0.3) is 5.91 Å². The summed E-state index contributed by atoms with van der Waals surface area (Å²) in [6.45, 7) is 1.79. The van der Waals surface area contributed by atoms with E-state index in [1.54, 1.807) is 43.3 Å². The van der Waals surface area contributed by atoms with E-state index in [1.165, 1.54) is 0 Å². The molecular formula is C15H12BrClN2O2. The molecule has 2 aromatic carbocycles. The number of carbonyl (C=O) groups is 2. The Morgan fingerprint density at radius 1 is 1.14 bits per heavy atom. The highest BCUT2D eigenvalue weighted by Crippen LogP contribution is 2.24. The van der Waals surface area contributed by atoms with E-state index in [4.69, 9.17) is 17.3 Å². The summed E-state index contributed by atoms with van der Waals surface area (Å²) in [5.74, 6) is -0.764. The molecule has 3 N–H and O–H groups in total. The maximum atomic E-state index is 12.2. The van der Waals surface area contributed by atoms with Crippen LogP contribution < -0.4 is 11.1 Å². The molecule has 2 aromatic rings. The van der Waals surface area contributed by atoms with Crippen molar-refractivity contribution in [1.29, 1.82) is 0 Å². The van der Waals surface area contributed by atoms with Crippen LogP contribution in [0.25, 0.3) is 0 Å². The van der Waals surface area contributed by atoms with Crippen molar-refractivity contribution in [2.45, 2.75) is 6.92 Å². The summed E-state index contributed by atoms with van der Waals surface area (Å²) in [7, 11) is 0. The van der Waals surface area contributed by atoms with Crippen molar-refractivity contribution in [3.05, 3.63) is 62.6 Å². The summed E-state index contributed by atoms with van der Waals surface area (Å²) < 4.78 is 0.651. The number of nitrogens with one attached hydrogen (secondary N) is 1. The largest absolute Gasteiger partial charge is 0.366 e. The third-order valence-corrected chi connectivity index (χ3v) is 4.15. The highest BCUT2D eigenvalue weighted by atomic mass is 79.9. The molecular weight excluding hydrogens is 356 g/mol. The molecule has 2 rings (SSSR count). The fraction of sp³-hybridized carbons (Fsp3) is 0.0667. The number of hydrogen-bond acceptors (Lipinski definition) is 2. The molecule has 0 aliphatic heterocycles. The van der Waals surface area contributed by atoms with Gasteiger partial charge >= 0.3 is 0 Å². The van der Waals surface area contributed by atoms with E-state index < -0.39 is 5.91 Å². The van der Waals surface area contributed by atoms with Crippen LogP contribution in [-0.4, -0.2) is 11.8 Å². The first-order valence-corrected chi connectivity index (χ1v) is 7.22. The molecule has 0 atom stereocenters. The monoisotopic (exact) mass is 366 g/mol. The number of nitrogens with two attached hydrogens (primary N) is 1. The molecule has 21 heavy (non-hydrogen) atoms. The fourth-order valence-electron chi connectivity index (χ4n) is 1.79. The minimum Gasteiger partial charge on any atom is -0.366 e. The Morgan fingerprint density at radius 3 is 2.38 bits per heavy atom. The molecule has 0 spiro atoms. The Bertz CT molecular complexity index is 732. The first-order valence-electron chi connectivity index (χ1n) is 6.05. The molecule has 0 bridgehead atoms. The van der Waals surface area contributed by atoms with Gasteiger partial charge in [-0.2, -0.15) is 0 Å². The van der Waals surface area contributed by atoms with Crippen LogP contribution in [0.4, 0.5) is 5.69 Å². The average molecular weight is 368 g/mol. The number of carbonyl (C=O) groups excluding carboxylic acids is 2. The summed E-state index contributed by atoms with van der Waals surface area (Å²) in [6.07, 6.45) is 0. The number of hydrogen-bond donors (Lipinski definition) is 2. The van der Waals surface area contributed by atoms with Crippen LogP contribution in [0.15, 0.2) is 40.9 Å². The molecule has 2 amide bonds.